The lowest BCUT2D eigenvalue weighted by molar-refractivity contribution is -0.386. The van der Waals surface area contributed by atoms with Gasteiger partial charge in [-0.1, -0.05) is 37.3 Å². The zero-order chi connectivity index (χ0) is 16.3. The van der Waals surface area contributed by atoms with Crippen LogP contribution in [-0.2, 0) is 13.1 Å². The van der Waals surface area contributed by atoms with Crippen LogP contribution in [0.15, 0.2) is 39.9 Å². The molecule has 0 saturated carbocycles. The number of hydrogen-bond acceptors (Lipinski definition) is 5. The molecule has 0 amide bonds. The smallest absolute Gasteiger partial charge is 0.374 e. The highest BCUT2D eigenvalue weighted by Crippen LogP contribution is 2.15. The third kappa shape index (κ3) is 2.76. The topological polar surface area (TPSA) is 113 Å². The van der Waals surface area contributed by atoms with Gasteiger partial charge in [0, 0.05) is 6.54 Å². The Hall–Kier alpha value is -2.90. The zero-order valence-electron chi connectivity index (χ0n) is 12.1. The van der Waals surface area contributed by atoms with E-state index in [1.807, 2.05) is 6.07 Å². The van der Waals surface area contributed by atoms with Gasteiger partial charge in [0.05, 0.1) is 11.5 Å². The highest BCUT2D eigenvalue weighted by Gasteiger charge is 2.25. The lowest BCUT2D eigenvalue weighted by Crippen LogP contribution is -2.42. The van der Waals surface area contributed by atoms with Gasteiger partial charge < -0.3 is 5.73 Å². The second-order valence-electron chi connectivity index (χ2n) is 4.80. The van der Waals surface area contributed by atoms with Crippen molar-refractivity contribution in [2.24, 2.45) is 0 Å². The fourth-order valence-corrected chi connectivity index (χ4v) is 2.21. The number of anilines is 1. The molecule has 2 aromatic rings. The van der Waals surface area contributed by atoms with Crippen molar-refractivity contribution in [2.75, 3.05) is 5.73 Å². The minimum absolute atomic E-state index is 0.0658. The number of nitro groups is 1. The number of nitrogens with two attached hydrogens (primary N) is 1. The summed E-state index contributed by atoms with van der Waals surface area (Å²) in [5.41, 5.74) is 4.10. The van der Waals surface area contributed by atoms with Gasteiger partial charge in [0.15, 0.2) is 5.82 Å². The van der Waals surface area contributed by atoms with Gasteiger partial charge in [0.25, 0.3) is 0 Å². The summed E-state index contributed by atoms with van der Waals surface area (Å²) in [5, 5.41) is 11.1. The molecule has 22 heavy (non-hydrogen) atoms. The fourth-order valence-electron chi connectivity index (χ4n) is 2.21. The van der Waals surface area contributed by atoms with E-state index in [1.165, 1.54) is 0 Å². The molecule has 2 N–H and O–H groups in total. The van der Waals surface area contributed by atoms with Gasteiger partial charge in [0.2, 0.25) is 0 Å². The molecule has 0 bridgehead atoms. The van der Waals surface area contributed by atoms with Crippen molar-refractivity contribution in [1.82, 2.24) is 9.13 Å². The summed E-state index contributed by atoms with van der Waals surface area (Å²) in [7, 11) is 0. The van der Waals surface area contributed by atoms with Gasteiger partial charge in [0.1, 0.15) is 0 Å². The highest BCUT2D eigenvalue weighted by molar-refractivity contribution is 5.51. The first-order chi connectivity index (χ1) is 10.5. The van der Waals surface area contributed by atoms with E-state index in [0.717, 1.165) is 14.7 Å². The van der Waals surface area contributed by atoms with Crippen LogP contribution < -0.4 is 17.0 Å². The van der Waals surface area contributed by atoms with Gasteiger partial charge in [-0.15, -0.1) is 0 Å². The fraction of sp³-hybridized carbons (Fsp3) is 0.286. The lowest BCUT2D eigenvalue weighted by atomic mass is 10.2. The number of aromatic nitrogens is 2. The molecule has 1 heterocycles. The summed E-state index contributed by atoms with van der Waals surface area (Å²) < 4.78 is 1.92. The first-order valence-corrected chi connectivity index (χ1v) is 6.78. The van der Waals surface area contributed by atoms with E-state index in [0.29, 0.717) is 6.42 Å². The van der Waals surface area contributed by atoms with E-state index in [1.54, 1.807) is 31.2 Å². The number of nitrogen functional groups attached to an aromatic ring is 1. The third-order valence-corrected chi connectivity index (χ3v) is 3.26. The Kier molecular flexibility index (Phi) is 4.40. The Labute approximate surface area is 125 Å². The molecule has 0 aliphatic heterocycles. The van der Waals surface area contributed by atoms with Gasteiger partial charge in [-0.05, 0) is 12.0 Å². The molecule has 0 radical (unpaired) electrons. The van der Waals surface area contributed by atoms with Crippen molar-refractivity contribution in [3.8, 4) is 0 Å². The Bertz CT molecular complexity index is 808. The van der Waals surface area contributed by atoms with E-state index in [9.17, 15) is 19.7 Å². The van der Waals surface area contributed by atoms with Crippen LogP contribution >= 0.6 is 0 Å². The molecule has 0 fully saturated rings. The molecule has 8 heteroatoms. The minimum Gasteiger partial charge on any atom is -0.379 e. The van der Waals surface area contributed by atoms with Crippen LogP contribution in [-0.4, -0.2) is 14.1 Å². The summed E-state index contributed by atoms with van der Waals surface area (Å²) in [6, 6.07) is 8.93. The Morgan fingerprint density at radius 2 is 1.82 bits per heavy atom. The summed E-state index contributed by atoms with van der Waals surface area (Å²) in [6.07, 6.45) is 0.502. The lowest BCUT2D eigenvalue weighted by Gasteiger charge is -2.12. The maximum Gasteiger partial charge on any atom is 0.374 e. The van der Waals surface area contributed by atoms with Gasteiger partial charge >= 0.3 is 16.9 Å². The number of rotatable bonds is 5. The van der Waals surface area contributed by atoms with Gasteiger partial charge in [-0.3, -0.25) is 24.0 Å². The number of benzene rings is 1. The monoisotopic (exact) mass is 304 g/mol. The van der Waals surface area contributed by atoms with Gasteiger partial charge in [-0.25, -0.2) is 4.79 Å². The molecule has 0 atom stereocenters. The predicted octanol–water partition coefficient (Wildman–Crippen LogP) is 0.959. The van der Waals surface area contributed by atoms with E-state index in [4.69, 9.17) is 5.73 Å². The molecule has 2 rings (SSSR count). The van der Waals surface area contributed by atoms with Crippen LogP contribution in [0.3, 0.4) is 0 Å². The van der Waals surface area contributed by atoms with Crippen molar-refractivity contribution in [2.45, 2.75) is 26.4 Å². The normalized spacial score (nSPS) is 10.6. The molecular weight excluding hydrogens is 288 g/mol. The van der Waals surface area contributed by atoms with Crippen molar-refractivity contribution in [3.05, 3.63) is 66.8 Å². The molecule has 0 saturated heterocycles. The Morgan fingerprint density at radius 3 is 2.36 bits per heavy atom. The maximum atomic E-state index is 12.4. The zero-order valence-corrected chi connectivity index (χ0v) is 12.1. The van der Waals surface area contributed by atoms with Crippen molar-refractivity contribution in [1.29, 1.82) is 0 Å². The molecule has 8 nitrogen and oxygen atoms in total. The second-order valence-corrected chi connectivity index (χ2v) is 4.80. The average Bonchev–Trinajstić information content (AvgIpc) is 2.49. The summed E-state index contributed by atoms with van der Waals surface area (Å²) in [6.45, 7) is 1.94. The van der Waals surface area contributed by atoms with Gasteiger partial charge in [-0.2, -0.15) is 0 Å². The molecule has 1 aromatic heterocycles. The van der Waals surface area contributed by atoms with Crippen LogP contribution in [0.25, 0.3) is 0 Å². The van der Waals surface area contributed by atoms with E-state index >= 15 is 0 Å². The van der Waals surface area contributed by atoms with Crippen molar-refractivity contribution in [3.63, 3.8) is 0 Å². The molecule has 0 aliphatic rings. The van der Waals surface area contributed by atoms with E-state index < -0.39 is 27.7 Å². The minimum atomic E-state index is -0.960. The first kappa shape index (κ1) is 15.5. The largest absolute Gasteiger partial charge is 0.379 e. The molecule has 0 unspecified atom stereocenters. The van der Waals surface area contributed by atoms with E-state index in [2.05, 4.69) is 0 Å². The first-order valence-electron chi connectivity index (χ1n) is 6.78. The standard InChI is InChI=1S/C14H16N4O4/c1-2-8-16-13(19)11(18(21)22)12(15)17(14(16)20)9-10-6-4-3-5-7-10/h3-7H,2,8-9,15H2,1H3. The summed E-state index contributed by atoms with van der Waals surface area (Å²) in [5.74, 6) is -0.420. The number of nitrogens with zero attached hydrogens (tertiary/aromatic N) is 3. The van der Waals surface area contributed by atoms with Crippen molar-refractivity contribution < 1.29 is 4.92 Å². The van der Waals surface area contributed by atoms with E-state index in [-0.39, 0.29) is 13.1 Å². The molecule has 116 valence electrons. The van der Waals surface area contributed by atoms with Crippen LogP contribution in [0.5, 0.6) is 0 Å². The second kappa shape index (κ2) is 6.25. The van der Waals surface area contributed by atoms with Crippen LogP contribution in [0, 0.1) is 10.1 Å². The Morgan fingerprint density at radius 1 is 1.18 bits per heavy atom. The van der Waals surface area contributed by atoms with Crippen LogP contribution in [0.4, 0.5) is 11.5 Å². The third-order valence-electron chi connectivity index (χ3n) is 3.26. The predicted molar refractivity (Wildman–Crippen MR) is 81.9 cm³/mol. The average molecular weight is 304 g/mol. The maximum absolute atomic E-state index is 12.4. The SMILES string of the molecule is CCCn1c(=O)c([N+](=O)[O-])c(N)n(Cc2ccccc2)c1=O. The molecule has 1 aromatic carbocycles. The Balaban J connectivity index is 2.70. The molecular formula is C14H16N4O4. The van der Waals surface area contributed by atoms with Crippen molar-refractivity contribution >= 4 is 11.5 Å². The van der Waals surface area contributed by atoms with Crippen LogP contribution in [0.2, 0.25) is 0 Å². The summed E-state index contributed by atoms with van der Waals surface area (Å²) >= 11 is 0. The number of hydrogen-bond donors (Lipinski definition) is 1. The quantitative estimate of drug-likeness (QED) is 0.653. The highest BCUT2D eigenvalue weighted by atomic mass is 16.6. The molecule has 0 spiro atoms. The molecule has 0 aliphatic carbocycles. The van der Waals surface area contributed by atoms with Crippen LogP contribution in [0.1, 0.15) is 18.9 Å². The summed E-state index contributed by atoms with van der Waals surface area (Å²) in [4.78, 5) is 34.7.